The van der Waals surface area contributed by atoms with Crippen LogP contribution >= 0.6 is 12.2 Å². The Bertz CT molecular complexity index is 1360. The lowest BCUT2D eigenvalue weighted by Gasteiger charge is -2.33. The van der Waals surface area contributed by atoms with Crippen molar-refractivity contribution >= 4 is 34.9 Å². The molecule has 0 bridgehead atoms. The molecule has 6 nitrogen and oxygen atoms in total. The molecule has 2 aliphatic rings. The Morgan fingerprint density at radius 3 is 1.79 bits per heavy atom. The normalized spacial score (nSPS) is 15.3. The van der Waals surface area contributed by atoms with Crippen LogP contribution < -0.4 is 20.4 Å². The molecule has 0 amide bonds. The van der Waals surface area contributed by atoms with E-state index < -0.39 is 0 Å². The van der Waals surface area contributed by atoms with Gasteiger partial charge in [-0.15, -0.1) is 0 Å². The average Bonchev–Trinajstić information content (AvgIpc) is 2.97. The molecule has 6 rings (SSSR count). The highest BCUT2D eigenvalue weighted by atomic mass is 32.1. The molecule has 0 radical (unpaired) electrons. The number of rotatable bonds is 5. The van der Waals surface area contributed by atoms with Crippen LogP contribution in [-0.4, -0.2) is 28.2 Å². The van der Waals surface area contributed by atoms with Gasteiger partial charge in [0.1, 0.15) is 11.6 Å². The lowest BCUT2D eigenvalue weighted by Crippen LogP contribution is -2.35. The number of anilines is 3. The summed E-state index contributed by atoms with van der Waals surface area (Å²) in [4.78, 5) is 14.6. The Kier molecular flexibility index (Phi) is 6.92. The third-order valence-corrected chi connectivity index (χ3v) is 7.70. The van der Waals surface area contributed by atoms with E-state index in [0.717, 1.165) is 50.7 Å². The first kappa shape index (κ1) is 24.4. The van der Waals surface area contributed by atoms with E-state index in [2.05, 4.69) is 94.1 Å². The van der Waals surface area contributed by atoms with Gasteiger partial charge >= 0.3 is 0 Å². The Morgan fingerprint density at radius 2 is 1.24 bits per heavy atom. The van der Waals surface area contributed by atoms with Crippen molar-refractivity contribution in [1.29, 1.82) is 0 Å². The van der Waals surface area contributed by atoms with Crippen molar-refractivity contribution in [2.75, 3.05) is 28.2 Å². The first-order valence-corrected chi connectivity index (χ1v) is 13.7. The van der Waals surface area contributed by atoms with Crippen LogP contribution in [0.4, 0.5) is 17.6 Å². The largest absolute Gasteiger partial charge is 0.356 e. The van der Waals surface area contributed by atoms with Crippen LogP contribution in [0.2, 0.25) is 0 Å². The van der Waals surface area contributed by atoms with Crippen molar-refractivity contribution in [2.45, 2.75) is 38.9 Å². The molecule has 3 heterocycles. The second-order valence-electron chi connectivity index (χ2n) is 10.0. The van der Waals surface area contributed by atoms with Gasteiger partial charge in [0.15, 0.2) is 5.11 Å². The minimum Gasteiger partial charge on any atom is -0.356 e. The topological polar surface area (TPSA) is 56.3 Å². The van der Waals surface area contributed by atoms with Crippen LogP contribution in [0.15, 0.2) is 84.9 Å². The predicted molar refractivity (Wildman–Crippen MR) is 159 cm³/mol. The quantitative estimate of drug-likeness (QED) is 0.330. The average molecular weight is 521 g/mol. The number of nitrogens with zero attached hydrogens (tertiary/aromatic N) is 4. The highest BCUT2D eigenvalue weighted by Gasteiger charge is 2.23. The maximum absolute atomic E-state index is 5.69. The van der Waals surface area contributed by atoms with Crippen molar-refractivity contribution in [1.82, 2.24) is 15.3 Å². The van der Waals surface area contributed by atoms with Gasteiger partial charge in [-0.25, -0.2) is 0 Å². The Hall–Kier alpha value is -3.97. The van der Waals surface area contributed by atoms with Crippen LogP contribution in [0.1, 0.15) is 40.8 Å². The zero-order valence-electron chi connectivity index (χ0n) is 21.6. The zero-order chi connectivity index (χ0) is 25.9. The SMILES string of the molecule is C[C@H](NC(=S)Nc1nc(N2CCc3ccccc3C2)cc(N2CCc3ccccc3C2)n1)c1ccccc1. The summed E-state index contributed by atoms with van der Waals surface area (Å²) >= 11 is 5.69. The first-order chi connectivity index (χ1) is 18.6. The molecule has 4 aromatic rings. The lowest BCUT2D eigenvalue weighted by atomic mass is 9.99. The monoisotopic (exact) mass is 520 g/mol. The number of hydrogen-bond acceptors (Lipinski definition) is 5. The van der Waals surface area contributed by atoms with Crippen molar-refractivity contribution in [2.24, 2.45) is 0 Å². The summed E-state index contributed by atoms with van der Waals surface area (Å²) in [5.74, 6) is 2.36. The van der Waals surface area contributed by atoms with Gasteiger partial charge in [0.2, 0.25) is 5.95 Å². The Balaban J connectivity index is 1.27. The summed E-state index contributed by atoms with van der Waals surface area (Å²) < 4.78 is 0. The highest BCUT2D eigenvalue weighted by molar-refractivity contribution is 7.80. The second-order valence-corrected chi connectivity index (χ2v) is 10.4. The van der Waals surface area contributed by atoms with Gasteiger partial charge in [-0.3, -0.25) is 0 Å². The third-order valence-electron chi connectivity index (χ3n) is 7.48. The summed E-state index contributed by atoms with van der Waals surface area (Å²) in [7, 11) is 0. The molecule has 3 aromatic carbocycles. The summed E-state index contributed by atoms with van der Waals surface area (Å²) in [5.41, 5.74) is 6.72. The van der Waals surface area contributed by atoms with Gasteiger partial charge in [-0.05, 0) is 59.8 Å². The summed E-state index contributed by atoms with van der Waals surface area (Å²) in [6, 6.07) is 29.9. The van der Waals surface area contributed by atoms with Gasteiger partial charge in [-0.2, -0.15) is 9.97 Å². The molecule has 0 saturated carbocycles. The molecule has 0 spiro atoms. The first-order valence-electron chi connectivity index (χ1n) is 13.3. The van der Waals surface area contributed by atoms with Crippen LogP contribution in [0, 0.1) is 0 Å². The minimum absolute atomic E-state index is 0.0658. The van der Waals surface area contributed by atoms with Crippen LogP contribution in [0.3, 0.4) is 0 Å². The fraction of sp³-hybridized carbons (Fsp3) is 0.258. The molecule has 38 heavy (non-hydrogen) atoms. The summed E-state index contributed by atoms with van der Waals surface area (Å²) in [6.45, 7) is 5.61. The fourth-order valence-corrected chi connectivity index (χ4v) is 5.61. The van der Waals surface area contributed by atoms with Crippen LogP contribution in [0.5, 0.6) is 0 Å². The fourth-order valence-electron chi connectivity index (χ4n) is 5.34. The molecular weight excluding hydrogens is 488 g/mol. The van der Waals surface area contributed by atoms with Gasteiger partial charge in [0.25, 0.3) is 0 Å². The van der Waals surface area contributed by atoms with E-state index in [1.165, 1.54) is 27.8 Å². The van der Waals surface area contributed by atoms with Gasteiger partial charge in [0, 0.05) is 32.2 Å². The van der Waals surface area contributed by atoms with E-state index in [1.54, 1.807) is 0 Å². The summed E-state index contributed by atoms with van der Waals surface area (Å²) in [5, 5.41) is 7.18. The smallest absolute Gasteiger partial charge is 0.232 e. The van der Waals surface area contributed by atoms with E-state index in [9.17, 15) is 0 Å². The second kappa shape index (κ2) is 10.8. The van der Waals surface area contributed by atoms with E-state index in [4.69, 9.17) is 22.2 Å². The van der Waals surface area contributed by atoms with Gasteiger partial charge in [0.05, 0.1) is 6.04 Å². The maximum atomic E-state index is 5.69. The number of benzene rings is 3. The van der Waals surface area contributed by atoms with E-state index >= 15 is 0 Å². The molecule has 0 fully saturated rings. The van der Waals surface area contributed by atoms with Crippen molar-refractivity contribution in [3.8, 4) is 0 Å². The molecule has 0 aliphatic carbocycles. The molecule has 2 N–H and O–H groups in total. The van der Waals surface area contributed by atoms with E-state index in [1.807, 2.05) is 18.2 Å². The third kappa shape index (κ3) is 5.34. The Labute approximate surface area is 229 Å². The lowest BCUT2D eigenvalue weighted by molar-refractivity contribution is 0.705. The zero-order valence-corrected chi connectivity index (χ0v) is 22.4. The number of aromatic nitrogens is 2. The molecule has 192 valence electrons. The number of thiocarbonyl (C=S) groups is 1. The van der Waals surface area contributed by atoms with Crippen molar-refractivity contribution in [3.63, 3.8) is 0 Å². The van der Waals surface area contributed by atoms with Gasteiger partial charge in [-0.1, -0.05) is 78.9 Å². The minimum atomic E-state index is 0.0658. The molecule has 1 atom stereocenters. The molecular formula is C31H32N6S. The standard InChI is InChI=1S/C31H32N6S/c1-22(23-9-3-2-4-10-23)32-31(38)35-30-33-28(36-17-15-24-11-5-7-13-26(24)20-36)19-29(34-30)37-18-16-25-12-6-8-14-27(25)21-37/h2-14,19,22H,15-18,20-21H2,1H3,(H2,32,33,34,35,38)/t22-/m0/s1. The molecule has 0 saturated heterocycles. The van der Waals surface area contributed by atoms with E-state index in [0.29, 0.717) is 11.1 Å². The van der Waals surface area contributed by atoms with Gasteiger partial charge < -0.3 is 20.4 Å². The maximum Gasteiger partial charge on any atom is 0.232 e. The molecule has 1 aromatic heterocycles. The Morgan fingerprint density at radius 1 is 0.737 bits per heavy atom. The number of fused-ring (bicyclic) bond motifs is 2. The number of hydrogen-bond donors (Lipinski definition) is 2. The summed E-state index contributed by atoms with van der Waals surface area (Å²) in [6.07, 6.45) is 2.01. The van der Waals surface area contributed by atoms with Crippen molar-refractivity contribution < 1.29 is 0 Å². The molecule has 2 aliphatic heterocycles. The van der Waals surface area contributed by atoms with Crippen LogP contribution in [0.25, 0.3) is 0 Å². The molecule has 7 heteroatoms. The molecule has 0 unspecified atom stereocenters. The number of nitrogens with one attached hydrogen (secondary N) is 2. The predicted octanol–water partition coefficient (Wildman–Crippen LogP) is 5.65. The van der Waals surface area contributed by atoms with Crippen LogP contribution in [-0.2, 0) is 25.9 Å². The van der Waals surface area contributed by atoms with Crippen molar-refractivity contribution in [3.05, 3.63) is 113 Å². The van der Waals surface area contributed by atoms with E-state index in [-0.39, 0.29) is 6.04 Å². The highest BCUT2D eigenvalue weighted by Crippen LogP contribution is 2.29.